The van der Waals surface area contributed by atoms with E-state index in [0.29, 0.717) is 5.04 Å². The number of methoxy groups -OCH3 is 1. The third-order valence-electron chi connectivity index (χ3n) is 2.91. The minimum absolute atomic E-state index is 0.00259. The van der Waals surface area contributed by atoms with Crippen LogP contribution in [0.25, 0.3) is 0 Å². The van der Waals surface area contributed by atoms with E-state index in [9.17, 15) is 0 Å². The maximum Gasteiger partial charge on any atom is 0.124 e. The fourth-order valence-electron chi connectivity index (χ4n) is 0.871. The molecule has 1 rings (SSSR count). The number of benzene rings is 1. The average molecular weight is 332 g/mol. The largest absolute Gasteiger partial charge is 0.496 e. The van der Waals surface area contributed by atoms with E-state index in [1.165, 1.54) is 0 Å². The number of aliphatic hydroxyl groups is 1. The number of halogens is 1. The first-order valence-electron chi connectivity index (χ1n) is 5.96. The molecule has 0 amide bonds. The summed E-state index contributed by atoms with van der Waals surface area (Å²) in [4.78, 5) is 0. The van der Waals surface area contributed by atoms with Gasteiger partial charge in [0.05, 0.1) is 13.7 Å². The zero-order chi connectivity index (χ0) is 14.3. The molecule has 1 radical (unpaired) electrons. The molecule has 103 valence electrons. The molecule has 0 saturated heterocycles. The molecular formula is C14H24BrO2Si. The molecule has 4 heteroatoms. The summed E-state index contributed by atoms with van der Waals surface area (Å²) < 4.78 is 5.96. The number of aliphatic hydroxyl groups excluding tert-OH is 1. The van der Waals surface area contributed by atoms with E-state index in [1.807, 2.05) is 18.2 Å². The van der Waals surface area contributed by atoms with Crippen LogP contribution in [0.1, 0.15) is 26.3 Å². The van der Waals surface area contributed by atoms with Crippen LogP contribution in [0, 0.1) is 0 Å². The van der Waals surface area contributed by atoms with Crippen LogP contribution in [-0.2, 0) is 6.61 Å². The zero-order valence-corrected chi connectivity index (χ0v) is 14.8. The Morgan fingerprint density at radius 2 is 1.78 bits per heavy atom. The Hall–Kier alpha value is -0.323. The molecule has 1 aromatic carbocycles. The van der Waals surface area contributed by atoms with Crippen LogP contribution in [0.4, 0.5) is 0 Å². The van der Waals surface area contributed by atoms with E-state index in [0.717, 1.165) is 15.8 Å². The topological polar surface area (TPSA) is 29.5 Å². The molecule has 0 aromatic heterocycles. The van der Waals surface area contributed by atoms with Gasteiger partial charge in [-0.2, -0.15) is 0 Å². The summed E-state index contributed by atoms with van der Waals surface area (Å²) in [6.07, 6.45) is 0. The summed E-state index contributed by atoms with van der Waals surface area (Å²) in [5, 5.41) is 9.48. The van der Waals surface area contributed by atoms with Crippen LogP contribution < -0.4 is 4.74 Å². The molecule has 2 nitrogen and oxygen atoms in total. The van der Waals surface area contributed by atoms with Crippen LogP contribution in [0.5, 0.6) is 5.75 Å². The summed E-state index contributed by atoms with van der Waals surface area (Å²) in [6.45, 7) is 11.6. The quantitative estimate of drug-likeness (QED) is 0.809. The van der Waals surface area contributed by atoms with E-state index in [4.69, 9.17) is 9.84 Å². The SMILES string of the molecule is COc1ccc(Br)cc1CO.C[Si](C)C(C)(C)C. The van der Waals surface area contributed by atoms with E-state index in [1.54, 1.807) is 7.11 Å². The zero-order valence-electron chi connectivity index (χ0n) is 12.2. The summed E-state index contributed by atoms with van der Waals surface area (Å²) in [5.41, 5.74) is 0.793. The van der Waals surface area contributed by atoms with Gasteiger partial charge in [0.25, 0.3) is 0 Å². The lowest BCUT2D eigenvalue weighted by Crippen LogP contribution is -2.16. The first-order chi connectivity index (χ1) is 8.22. The number of ether oxygens (including phenoxy) is 1. The minimum atomic E-state index is -0.0502. The van der Waals surface area contributed by atoms with Crippen molar-refractivity contribution in [3.8, 4) is 5.75 Å². The van der Waals surface area contributed by atoms with Gasteiger partial charge in [-0.25, -0.2) is 0 Å². The highest BCUT2D eigenvalue weighted by Crippen LogP contribution is 2.25. The number of hydrogen-bond acceptors (Lipinski definition) is 2. The minimum Gasteiger partial charge on any atom is -0.496 e. The van der Waals surface area contributed by atoms with Crippen LogP contribution >= 0.6 is 15.9 Å². The Morgan fingerprint density at radius 1 is 1.28 bits per heavy atom. The molecule has 0 unspecified atom stereocenters. The molecular weight excluding hydrogens is 308 g/mol. The van der Waals surface area contributed by atoms with Crippen LogP contribution in [0.2, 0.25) is 18.1 Å². The Kier molecular flexibility index (Phi) is 7.83. The van der Waals surface area contributed by atoms with E-state index in [2.05, 4.69) is 49.8 Å². The van der Waals surface area contributed by atoms with Crippen molar-refractivity contribution in [3.05, 3.63) is 28.2 Å². The van der Waals surface area contributed by atoms with E-state index >= 15 is 0 Å². The second-order valence-corrected chi connectivity index (χ2v) is 9.78. The molecule has 0 saturated carbocycles. The van der Waals surface area contributed by atoms with Crippen molar-refractivity contribution < 1.29 is 9.84 Å². The lowest BCUT2D eigenvalue weighted by atomic mass is 10.2. The molecule has 0 bridgehead atoms. The molecule has 0 fully saturated rings. The van der Waals surface area contributed by atoms with E-state index < -0.39 is 0 Å². The monoisotopic (exact) mass is 331 g/mol. The van der Waals surface area contributed by atoms with Crippen molar-refractivity contribution in [1.82, 2.24) is 0 Å². The lowest BCUT2D eigenvalue weighted by molar-refractivity contribution is 0.273. The third kappa shape index (κ3) is 6.57. The summed E-state index contributed by atoms with van der Waals surface area (Å²) in [6, 6.07) is 5.52. The van der Waals surface area contributed by atoms with Crippen molar-refractivity contribution in [1.29, 1.82) is 0 Å². The molecule has 1 N–H and O–H groups in total. The van der Waals surface area contributed by atoms with Crippen molar-refractivity contribution >= 4 is 24.7 Å². The highest BCUT2D eigenvalue weighted by Gasteiger charge is 2.15. The lowest BCUT2D eigenvalue weighted by Gasteiger charge is -2.20. The third-order valence-corrected chi connectivity index (χ3v) is 6.41. The fraction of sp³-hybridized carbons (Fsp3) is 0.571. The van der Waals surface area contributed by atoms with Gasteiger partial charge in [-0.05, 0) is 23.2 Å². The number of hydrogen-bond donors (Lipinski definition) is 1. The van der Waals surface area contributed by atoms with Crippen molar-refractivity contribution in [2.75, 3.05) is 7.11 Å². The molecule has 0 atom stereocenters. The predicted molar refractivity (Wildman–Crippen MR) is 83.8 cm³/mol. The van der Waals surface area contributed by atoms with Gasteiger partial charge < -0.3 is 9.84 Å². The molecule has 1 aromatic rings. The highest BCUT2D eigenvalue weighted by atomic mass is 79.9. The Balaban J connectivity index is 0.000000360. The Bertz CT molecular complexity index is 359. The van der Waals surface area contributed by atoms with Gasteiger partial charge in [-0.3, -0.25) is 0 Å². The van der Waals surface area contributed by atoms with Gasteiger partial charge >= 0.3 is 0 Å². The maximum absolute atomic E-state index is 8.87. The van der Waals surface area contributed by atoms with Gasteiger partial charge in [0.2, 0.25) is 0 Å². The van der Waals surface area contributed by atoms with Gasteiger partial charge in [-0.15, -0.1) is 0 Å². The van der Waals surface area contributed by atoms with Crippen molar-refractivity contribution in [3.63, 3.8) is 0 Å². The predicted octanol–water partition coefficient (Wildman–Crippen LogP) is 4.49. The normalized spacial score (nSPS) is 10.9. The van der Waals surface area contributed by atoms with Gasteiger partial charge in [0.1, 0.15) is 5.75 Å². The van der Waals surface area contributed by atoms with Crippen LogP contribution in [-0.4, -0.2) is 21.0 Å². The van der Waals surface area contributed by atoms with Crippen LogP contribution in [0.3, 0.4) is 0 Å². The van der Waals surface area contributed by atoms with Crippen LogP contribution in [0.15, 0.2) is 22.7 Å². The summed E-state index contributed by atoms with van der Waals surface area (Å²) in [5.74, 6) is 0.718. The van der Waals surface area contributed by atoms with E-state index in [-0.39, 0.29) is 15.4 Å². The smallest absolute Gasteiger partial charge is 0.124 e. The average Bonchev–Trinajstić information content (AvgIpc) is 2.28. The number of rotatable bonds is 2. The molecule has 0 aliphatic carbocycles. The maximum atomic E-state index is 8.87. The Labute approximate surface area is 121 Å². The van der Waals surface area contributed by atoms with Gasteiger partial charge in [-0.1, -0.05) is 49.8 Å². The summed E-state index contributed by atoms with van der Waals surface area (Å²) >= 11 is 3.30. The molecule has 0 spiro atoms. The fourth-order valence-corrected chi connectivity index (χ4v) is 1.28. The molecule has 0 aliphatic heterocycles. The molecule has 0 aliphatic rings. The second kappa shape index (κ2) is 7.97. The standard InChI is InChI=1S/C8H9BrO2.C6H15Si/c1-11-8-3-2-7(9)4-6(8)5-10;1-6(2,3)7(4)5/h2-4,10H,5H2,1H3;1-5H3. The molecule has 0 heterocycles. The Morgan fingerprint density at radius 3 is 2.11 bits per heavy atom. The van der Waals surface area contributed by atoms with Gasteiger partial charge in [0.15, 0.2) is 0 Å². The second-order valence-electron chi connectivity index (χ2n) is 5.36. The summed E-state index contributed by atoms with van der Waals surface area (Å²) in [7, 11) is 1.54. The molecule has 18 heavy (non-hydrogen) atoms. The first-order valence-corrected chi connectivity index (χ1v) is 9.25. The van der Waals surface area contributed by atoms with Gasteiger partial charge in [0, 0.05) is 18.8 Å². The van der Waals surface area contributed by atoms with Crippen molar-refractivity contribution in [2.24, 2.45) is 0 Å². The highest BCUT2D eigenvalue weighted by molar-refractivity contribution is 9.10. The van der Waals surface area contributed by atoms with Crippen molar-refractivity contribution in [2.45, 2.75) is 45.5 Å². The first kappa shape index (κ1) is 17.7.